The quantitative estimate of drug-likeness (QED) is 0.555. The van der Waals surface area contributed by atoms with Crippen molar-refractivity contribution in [3.05, 3.63) is 0 Å². The number of rotatable bonds is 2. The predicted octanol–water partition coefficient (Wildman–Crippen LogP) is -2.23. The topological polar surface area (TPSA) is 110 Å². The summed E-state index contributed by atoms with van der Waals surface area (Å²) in [6, 6.07) is -0.358. The zero-order valence-corrected chi connectivity index (χ0v) is 10.9. The number of hydrogen-bond donors (Lipinski definition) is 2. The molecule has 0 aromatic heterocycles. The zero-order valence-electron chi connectivity index (χ0n) is 10.9. The van der Waals surface area contributed by atoms with Gasteiger partial charge in [-0.3, -0.25) is 24.6 Å². The van der Waals surface area contributed by atoms with Gasteiger partial charge in [-0.2, -0.15) is 0 Å². The van der Waals surface area contributed by atoms with E-state index in [1.54, 1.807) is 4.90 Å². The van der Waals surface area contributed by atoms with Crippen molar-refractivity contribution >= 4 is 23.8 Å². The summed E-state index contributed by atoms with van der Waals surface area (Å²) in [5.74, 6) is -1.87. The molecule has 2 heterocycles. The number of carbonyl (C=O) groups excluding carboxylic acids is 3. The van der Waals surface area contributed by atoms with Gasteiger partial charge in [0.2, 0.25) is 11.8 Å². The largest absolute Gasteiger partial charge is 0.480 e. The molecule has 110 valence electrons. The number of amides is 4. The van der Waals surface area contributed by atoms with Gasteiger partial charge in [0.1, 0.15) is 13.1 Å². The molecular weight excluding hydrogens is 268 g/mol. The average molecular weight is 284 g/mol. The molecule has 0 saturated carbocycles. The van der Waals surface area contributed by atoms with Crippen LogP contribution >= 0.6 is 0 Å². The Hall–Kier alpha value is -2.16. The lowest BCUT2D eigenvalue weighted by atomic mass is 10.3. The van der Waals surface area contributed by atoms with Crippen LogP contribution in [0.3, 0.4) is 0 Å². The first kappa shape index (κ1) is 14.3. The third-order valence-electron chi connectivity index (χ3n) is 3.22. The van der Waals surface area contributed by atoms with Gasteiger partial charge in [-0.15, -0.1) is 0 Å². The van der Waals surface area contributed by atoms with Gasteiger partial charge in [-0.1, -0.05) is 0 Å². The van der Waals surface area contributed by atoms with Gasteiger partial charge in [0.15, 0.2) is 0 Å². The highest BCUT2D eigenvalue weighted by Gasteiger charge is 2.31. The molecule has 0 unspecified atom stereocenters. The zero-order chi connectivity index (χ0) is 14.7. The van der Waals surface area contributed by atoms with E-state index in [1.807, 2.05) is 0 Å². The molecule has 0 spiro atoms. The van der Waals surface area contributed by atoms with Crippen LogP contribution in [0.4, 0.5) is 4.79 Å². The second kappa shape index (κ2) is 5.87. The van der Waals surface area contributed by atoms with Gasteiger partial charge < -0.3 is 14.9 Å². The molecular formula is C11H16N4O5. The van der Waals surface area contributed by atoms with E-state index < -0.39 is 17.8 Å². The molecule has 9 nitrogen and oxygen atoms in total. The van der Waals surface area contributed by atoms with Crippen LogP contribution in [0, 0.1) is 0 Å². The molecule has 2 aliphatic heterocycles. The first-order chi connectivity index (χ1) is 9.45. The molecule has 9 heteroatoms. The summed E-state index contributed by atoms with van der Waals surface area (Å²) in [4.78, 5) is 49.7. The van der Waals surface area contributed by atoms with Crippen LogP contribution in [0.2, 0.25) is 0 Å². The van der Waals surface area contributed by atoms with Crippen molar-refractivity contribution in [2.45, 2.75) is 0 Å². The van der Waals surface area contributed by atoms with Gasteiger partial charge >= 0.3 is 12.0 Å². The molecule has 0 radical (unpaired) electrons. The van der Waals surface area contributed by atoms with E-state index >= 15 is 0 Å². The van der Waals surface area contributed by atoms with Gasteiger partial charge in [0.05, 0.1) is 6.54 Å². The third-order valence-corrected chi connectivity index (χ3v) is 3.22. The molecule has 2 fully saturated rings. The summed E-state index contributed by atoms with van der Waals surface area (Å²) in [5, 5.41) is 10.8. The standard InChI is InChI=1S/C11H16N4O5/c16-8-5-15(6-9(17)12-8)11(20)14-3-1-13(2-4-14)7-10(18)19/h1-7H2,(H,18,19)(H,12,16,17). The van der Waals surface area contributed by atoms with Crippen LogP contribution in [0.15, 0.2) is 0 Å². The van der Waals surface area contributed by atoms with Crippen molar-refractivity contribution in [1.29, 1.82) is 0 Å². The van der Waals surface area contributed by atoms with Crippen molar-refractivity contribution in [2.75, 3.05) is 45.8 Å². The van der Waals surface area contributed by atoms with Crippen LogP contribution in [0.25, 0.3) is 0 Å². The van der Waals surface area contributed by atoms with Crippen molar-refractivity contribution in [3.8, 4) is 0 Å². The van der Waals surface area contributed by atoms with Crippen molar-refractivity contribution in [1.82, 2.24) is 20.0 Å². The highest BCUT2D eigenvalue weighted by molar-refractivity contribution is 6.02. The molecule has 2 aliphatic rings. The number of piperazine rings is 2. The summed E-state index contributed by atoms with van der Waals surface area (Å²) in [6.07, 6.45) is 0. The minimum atomic E-state index is -0.900. The lowest BCUT2D eigenvalue weighted by Crippen LogP contribution is -2.59. The molecule has 2 rings (SSSR count). The number of urea groups is 1. The van der Waals surface area contributed by atoms with Crippen molar-refractivity contribution < 1.29 is 24.3 Å². The van der Waals surface area contributed by atoms with Crippen LogP contribution in [0.1, 0.15) is 0 Å². The Morgan fingerprint density at radius 3 is 2.05 bits per heavy atom. The Morgan fingerprint density at radius 1 is 1.00 bits per heavy atom. The summed E-state index contributed by atoms with van der Waals surface area (Å²) in [7, 11) is 0. The van der Waals surface area contributed by atoms with E-state index in [0.29, 0.717) is 26.2 Å². The second-order valence-corrected chi connectivity index (χ2v) is 4.77. The molecule has 2 saturated heterocycles. The third kappa shape index (κ3) is 3.44. The summed E-state index contributed by atoms with van der Waals surface area (Å²) >= 11 is 0. The van der Waals surface area contributed by atoms with E-state index in [4.69, 9.17) is 5.11 Å². The molecule has 0 bridgehead atoms. The van der Waals surface area contributed by atoms with Gasteiger partial charge in [0.25, 0.3) is 0 Å². The predicted molar refractivity (Wildman–Crippen MR) is 65.8 cm³/mol. The fourth-order valence-electron chi connectivity index (χ4n) is 2.26. The fourth-order valence-corrected chi connectivity index (χ4v) is 2.26. The van der Waals surface area contributed by atoms with Crippen LogP contribution in [-0.2, 0) is 14.4 Å². The Labute approximate surface area is 115 Å². The number of imide groups is 1. The highest BCUT2D eigenvalue weighted by atomic mass is 16.4. The van der Waals surface area contributed by atoms with Crippen molar-refractivity contribution in [3.63, 3.8) is 0 Å². The first-order valence-corrected chi connectivity index (χ1v) is 6.26. The Balaban J connectivity index is 1.86. The number of hydrogen-bond acceptors (Lipinski definition) is 5. The molecule has 0 aromatic rings. The SMILES string of the molecule is O=C(O)CN1CCN(C(=O)N2CC(=O)NC(=O)C2)CC1. The lowest BCUT2D eigenvalue weighted by molar-refractivity contribution is -0.139. The number of carbonyl (C=O) groups is 4. The van der Waals surface area contributed by atoms with E-state index in [1.165, 1.54) is 9.80 Å². The molecule has 0 aromatic carbocycles. The lowest BCUT2D eigenvalue weighted by Gasteiger charge is -2.37. The second-order valence-electron chi connectivity index (χ2n) is 4.77. The monoisotopic (exact) mass is 284 g/mol. The highest BCUT2D eigenvalue weighted by Crippen LogP contribution is 2.07. The van der Waals surface area contributed by atoms with Crippen LogP contribution in [0.5, 0.6) is 0 Å². The molecule has 4 amide bonds. The maximum Gasteiger partial charge on any atom is 0.321 e. The molecule has 20 heavy (non-hydrogen) atoms. The van der Waals surface area contributed by atoms with E-state index in [0.717, 1.165) is 0 Å². The van der Waals surface area contributed by atoms with Gasteiger partial charge in [-0.05, 0) is 0 Å². The van der Waals surface area contributed by atoms with E-state index in [2.05, 4.69) is 5.32 Å². The minimum Gasteiger partial charge on any atom is -0.480 e. The Bertz CT molecular complexity index is 428. The molecule has 2 N–H and O–H groups in total. The average Bonchev–Trinajstić information content (AvgIpc) is 2.37. The Morgan fingerprint density at radius 2 is 1.55 bits per heavy atom. The number of carboxylic acid groups (broad SMARTS) is 1. The van der Waals surface area contributed by atoms with Crippen molar-refractivity contribution in [2.24, 2.45) is 0 Å². The number of nitrogens with zero attached hydrogens (tertiary/aromatic N) is 3. The molecule has 0 atom stereocenters. The maximum absolute atomic E-state index is 12.2. The normalized spacial score (nSPS) is 20.8. The number of carboxylic acids is 1. The Kier molecular flexibility index (Phi) is 4.18. The summed E-state index contributed by atoms with van der Waals surface area (Å²) < 4.78 is 0. The minimum absolute atomic E-state index is 0.0490. The van der Waals surface area contributed by atoms with Crippen LogP contribution < -0.4 is 5.32 Å². The summed E-state index contributed by atoms with van der Waals surface area (Å²) in [6.45, 7) is 1.40. The van der Waals surface area contributed by atoms with Gasteiger partial charge in [0, 0.05) is 26.2 Å². The first-order valence-electron chi connectivity index (χ1n) is 6.26. The maximum atomic E-state index is 12.2. The summed E-state index contributed by atoms with van der Waals surface area (Å²) in [5.41, 5.74) is 0. The molecule has 0 aliphatic carbocycles. The van der Waals surface area contributed by atoms with E-state index in [-0.39, 0.29) is 25.7 Å². The smallest absolute Gasteiger partial charge is 0.321 e. The fraction of sp³-hybridized carbons (Fsp3) is 0.636. The van der Waals surface area contributed by atoms with Crippen LogP contribution in [-0.4, -0.2) is 89.4 Å². The van der Waals surface area contributed by atoms with Gasteiger partial charge in [-0.25, -0.2) is 4.79 Å². The van der Waals surface area contributed by atoms with E-state index in [9.17, 15) is 19.2 Å². The number of nitrogens with one attached hydrogen (secondary N) is 1. The number of aliphatic carboxylic acids is 1.